The number of aromatic nitrogens is 2. The van der Waals surface area contributed by atoms with Crippen LogP contribution in [0.25, 0.3) is 0 Å². The SMILES string of the molecule is c1ncn2c1C(CN1CCCCC1)NCC2. The number of nitrogens with one attached hydrogen (secondary N) is 1. The van der Waals surface area contributed by atoms with E-state index in [9.17, 15) is 0 Å². The molecule has 0 bridgehead atoms. The lowest BCUT2D eigenvalue weighted by Gasteiger charge is -2.33. The molecule has 2 aliphatic rings. The summed E-state index contributed by atoms with van der Waals surface area (Å²) in [5.41, 5.74) is 1.36. The van der Waals surface area contributed by atoms with Crippen LogP contribution in [0.4, 0.5) is 0 Å². The molecule has 1 aromatic rings. The summed E-state index contributed by atoms with van der Waals surface area (Å²) in [6.45, 7) is 5.82. The molecule has 0 aliphatic carbocycles. The number of hydrogen-bond acceptors (Lipinski definition) is 3. The van der Waals surface area contributed by atoms with Crippen molar-refractivity contribution < 1.29 is 0 Å². The smallest absolute Gasteiger partial charge is 0.0949 e. The highest BCUT2D eigenvalue weighted by atomic mass is 15.2. The minimum Gasteiger partial charge on any atom is -0.332 e. The van der Waals surface area contributed by atoms with Crippen molar-refractivity contribution in [2.45, 2.75) is 31.8 Å². The number of fused-ring (bicyclic) bond motifs is 1. The van der Waals surface area contributed by atoms with Crippen LogP contribution >= 0.6 is 0 Å². The van der Waals surface area contributed by atoms with E-state index in [-0.39, 0.29) is 0 Å². The van der Waals surface area contributed by atoms with E-state index < -0.39 is 0 Å². The predicted molar refractivity (Wildman–Crippen MR) is 63.3 cm³/mol. The first-order chi connectivity index (χ1) is 7.93. The second kappa shape index (κ2) is 4.55. The molecule has 1 aromatic heterocycles. The summed E-state index contributed by atoms with van der Waals surface area (Å²) in [5.74, 6) is 0. The van der Waals surface area contributed by atoms with Gasteiger partial charge in [-0.1, -0.05) is 6.42 Å². The first-order valence-corrected chi connectivity index (χ1v) is 6.39. The topological polar surface area (TPSA) is 33.1 Å². The Balaban J connectivity index is 1.67. The monoisotopic (exact) mass is 220 g/mol. The van der Waals surface area contributed by atoms with E-state index in [1.807, 2.05) is 12.5 Å². The van der Waals surface area contributed by atoms with Gasteiger partial charge >= 0.3 is 0 Å². The molecule has 1 N–H and O–H groups in total. The molecule has 0 amide bonds. The summed E-state index contributed by atoms with van der Waals surface area (Å²) >= 11 is 0. The van der Waals surface area contributed by atoms with E-state index in [1.54, 1.807) is 0 Å². The van der Waals surface area contributed by atoms with Crippen molar-refractivity contribution in [3.8, 4) is 0 Å². The fraction of sp³-hybridized carbons (Fsp3) is 0.750. The highest BCUT2D eigenvalue weighted by Crippen LogP contribution is 2.19. The lowest BCUT2D eigenvalue weighted by molar-refractivity contribution is 0.197. The zero-order valence-corrected chi connectivity index (χ0v) is 9.73. The van der Waals surface area contributed by atoms with E-state index in [4.69, 9.17) is 0 Å². The largest absolute Gasteiger partial charge is 0.332 e. The fourth-order valence-corrected chi connectivity index (χ4v) is 2.83. The van der Waals surface area contributed by atoms with Gasteiger partial charge in [0.2, 0.25) is 0 Å². The van der Waals surface area contributed by atoms with Crippen LogP contribution in [0.2, 0.25) is 0 Å². The highest BCUT2D eigenvalue weighted by molar-refractivity contribution is 5.08. The Morgan fingerprint density at radius 3 is 3.00 bits per heavy atom. The number of likely N-dealkylation sites (tertiary alicyclic amines) is 1. The Morgan fingerprint density at radius 1 is 1.25 bits per heavy atom. The van der Waals surface area contributed by atoms with E-state index >= 15 is 0 Å². The molecule has 0 spiro atoms. The Hall–Kier alpha value is -0.870. The standard InChI is InChI=1S/C12H20N4/c1-2-5-15(6-3-1)9-11-12-8-13-10-16(12)7-4-14-11/h8,10-11,14H,1-7,9H2. The van der Waals surface area contributed by atoms with Crippen LogP contribution in [-0.4, -0.2) is 40.6 Å². The first kappa shape index (κ1) is 10.3. The lowest BCUT2D eigenvalue weighted by atomic mass is 10.1. The minimum absolute atomic E-state index is 0.481. The summed E-state index contributed by atoms with van der Waals surface area (Å²) in [6, 6.07) is 0.481. The van der Waals surface area contributed by atoms with Crippen LogP contribution < -0.4 is 5.32 Å². The van der Waals surface area contributed by atoms with Crippen molar-refractivity contribution in [1.29, 1.82) is 0 Å². The second-order valence-electron chi connectivity index (χ2n) is 4.88. The summed E-state index contributed by atoms with van der Waals surface area (Å²) in [6.07, 6.45) is 8.12. The molecule has 1 fully saturated rings. The van der Waals surface area contributed by atoms with Crippen molar-refractivity contribution >= 4 is 0 Å². The maximum Gasteiger partial charge on any atom is 0.0949 e. The molecule has 16 heavy (non-hydrogen) atoms. The van der Waals surface area contributed by atoms with Gasteiger partial charge in [-0.05, 0) is 25.9 Å². The summed E-state index contributed by atoms with van der Waals surface area (Å²) < 4.78 is 2.28. The van der Waals surface area contributed by atoms with Gasteiger partial charge in [0.05, 0.1) is 18.1 Å². The highest BCUT2D eigenvalue weighted by Gasteiger charge is 2.22. The predicted octanol–water partition coefficient (Wildman–Crippen LogP) is 1.01. The average Bonchev–Trinajstić information content (AvgIpc) is 2.80. The molecule has 0 saturated carbocycles. The average molecular weight is 220 g/mol. The quantitative estimate of drug-likeness (QED) is 0.807. The van der Waals surface area contributed by atoms with Gasteiger partial charge in [0.1, 0.15) is 0 Å². The maximum absolute atomic E-state index is 4.25. The van der Waals surface area contributed by atoms with Gasteiger partial charge in [-0.15, -0.1) is 0 Å². The van der Waals surface area contributed by atoms with E-state index in [0.717, 1.165) is 19.6 Å². The molecule has 1 atom stereocenters. The normalized spacial score (nSPS) is 26.6. The lowest BCUT2D eigenvalue weighted by Crippen LogP contribution is -2.42. The number of hydrogen-bond donors (Lipinski definition) is 1. The summed E-state index contributed by atoms with van der Waals surface area (Å²) in [5, 5.41) is 3.61. The maximum atomic E-state index is 4.25. The van der Waals surface area contributed by atoms with Crippen molar-refractivity contribution in [3.63, 3.8) is 0 Å². The third kappa shape index (κ3) is 1.99. The van der Waals surface area contributed by atoms with Gasteiger partial charge in [0.15, 0.2) is 0 Å². The Morgan fingerprint density at radius 2 is 2.12 bits per heavy atom. The molecular weight excluding hydrogens is 200 g/mol. The van der Waals surface area contributed by atoms with E-state index in [0.29, 0.717) is 6.04 Å². The van der Waals surface area contributed by atoms with Gasteiger partial charge in [-0.3, -0.25) is 0 Å². The van der Waals surface area contributed by atoms with Crippen molar-refractivity contribution in [2.75, 3.05) is 26.2 Å². The molecule has 1 unspecified atom stereocenters. The minimum atomic E-state index is 0.481. The molecule has 3 heterocycles. The molecule has 2 aliphatic heterocycles. The van der Waals surface area contributed by atoms with Crippen LogP contribution in [0.15, 0.2) is 12.5 Å². The van der Waals surface area contributed by atoms with Gasteiger partial charge in [0, 0.05) is 25.8 Å². The van der Waals surface area contributed by atoms with Gasteiger partial charge < -0.3 is 14.8 Å². The van der Waals surface area contributed by atoms with Crippen molar-refractivity contribution in [3.05, 3.63) is 18.2 Å². The molecule has 3 rings (SSSR count). The van der Waals surface area contributed by atoms with Crippen LogP contribution in [0.1, 0.15) is 31.0 Å². The van der Waals surface area contributed by atoms with Crippen molar-refractivity contribution in [2.24, 2.45) is 0 Å². The zero-order chi connectivity index (χ0) is 10.8. The number of rotatable bonds is 2. The van der Waals surface area contributed by atoms with Gasteiger partial charge in [0.25, 0.3) is 0 Å². The molecule has 0 aromatic carbocycles. The third-order valence-corrected chi connectivity index (χ3v) is 3.73. The molecule has 0 radical (unpaired) electrons. The first-order valence-electron chi connectivity index (χ1n) is 6.39. The Kier molecular flexibility index (Phi) is 2.93. The number of imidazole rings is 1. The zero-order valence-electron chi connectivity index (χ0n) is 9.73. The van der Waals surface area contributed by atoms with E-state index in [2.05, 4.69) is 19.8 Å². The fourth-order valence-electron chi connectivity index (χ4n) is 2.83. The van der Waals surface area contributed by atoms with Crippen LogP contribution in [0.5, 0.6) is 0 Å². The summed E-state index contributed by atoms with van der Waals surface area (Å²) in [7, 11) is 0. The van der Waals surface area contributed by atoms with Gasteiger partial charge in [-0.2, -0.15) is 0 Å². The Labute approximate surface area is 96.7 Å². The summed E-state index contributed by atoms with van der Waals surface area (Å²) in [4.78, 5) is 6.84. The molecule has 1 saturated heterocycles. The Bertz CT molecular complexity index is 341. The van der Waals surface area contributed by atoms with Crippen LogP contribution in [0.3, 0.4) is 0 Å². The second-order valence-corrected chi connectivity index (χ2v) is 4.88. The molecule has 4 heteroatoms. The molecular formula is C12H20N4. The van der Waals surface area contributed by atoms with Crippen LogP contribution in [0, 0.1) is 0 Å². The van der Waals surface area contributed by atoms with Gasteiger partial charge in [-0.25, -0.2) is 4.98 Å². The van der Waals surface area contributed by atoms with Crippen LogP contribution in [-0.2, 0) is 6.54 Å². The number of nitrogens with zero attached hydrogens (tertiary/aromatic N) is 3. The number of piperidine rings is 1. The molecule has 4 nitrogen and oxygen atoms in total. The van der Waals surface area contributed by atoms with Crippen molar-refractivity contribution in [1.82, 2.24) is 19.8 Å². The third-order valence-electron chi connectivity index (χ3n) is 3.73. The van der Waals surface area contributed by atoms with E-state index in [1.165, 1.54) is 38.0 Å². The molecule has 88 valence electrons.